The van der Waals surface area contributed by atoms with E-state index < -0.39 is 0 Å². The van der Waals surface area contributed by atoms with Gasteiger partial charge in [-0.15, -0.1) is 0 Å². The number of hydrogen-bond acceptors (Lipinski definition) is 2. The third-order valence-electron chi connectivity index (χ3n) is 5.11. The van der Waals surface area contributed by atoms with Crippen LogP contribution in [0.2, 0.25) is 0 Å². The number of benzene rings is 3. The quantitative estimate of drug-likeness (QED) is 0.531. The molecule has 0 atom stereocenters. The number of nitrogens with one attached hydrogen (secondary N) is 2. The average Bonchev–Trinajstić information content (AvgIpc) is 3.15. The zero-order chi connectivity index (χ0) is 18.5. The minimum Gasteiger partial charge on any atom is -0.358 e. The fraction of sp³-hybridized carbons (Fsp3) is 0.0435. The molecule has 2 amide bonds. The van der Waals surface area contributed by atoms with Gasteiger partial charge in [-0.05, 0) is 35.4 Å². The number of aromatic nitrogens is 1. The zero-order valence-corrected chi connectivity index (χ0v) is 14.7. The summed E-state index contributed by atoms with van der Waals surface area (Å²) in [5, 5.41) is 5.54. The number of fused-ring (bicyclic) bond motifs is 2. The van der Waals surface area contributed by atoms with E-state index in [-0.39, 0.29) is 11.8 Å². The normalized spacial score (nSPS) is 14.4. The van der Waals surface area contributed by atoms with Gasteiger partial charge in [0, 0.05) is 22.2 Å². The van der Waals surface area contributed by atoms with Crippen LogP contribution in [0, 0.1) is 6.92 Å². The van der Waals surface area contributed by atoms with E-state index in [4.69, 9.17) is 0 Å². The minimum atomic E-state index is -0.352. The summed E-state index contributed by atoms with van der Waals surface area (Å²) in [6.07, 6.45) is 0. The highest BCUT2D eigenvalue weighted by atomic mass is 16.2. The summed E-state index contributed by atoms with van der Waals surface area (Å²) in [5.74, 6) is -0.703. The summed E-state index contributed by atoms with van der Waals surface area (Å²) >= 11 is 0. The monoisotopic (exact) mass is 352 g/mol. The van der Waals surface area contributed by atoms with Crippen LogP contribution in [0.25, 0.3) is 32.8 Å². The molecule has 0 bridgehead atoms. The van der Waals surface area contributed by atoms with Gasteiger partial charge in [0.05, 0.1) is 11.1 Å². The molecule has 1 aromatic heterocycles. The van der Waals surface area contributed by atoms with Gasteiger partial charge < -0.3 is 4.98 Å². The van der Waals surface area contributed by atoms with Crippen molar-refractivity contribution < 1.29 is 9.59 Å². The van der Waals surface area contributed by atoms with Gasteiger partial charge in [-0.25, -0.2) is 0 Å². The molecule has 4 heteroatoms. The Balaban J connectivity index is 1.83. The number of imide groups is 1. The van der Waals surface area contributed by atoms with Crippen LogP contribution < -0.4 is 5.32 Å². The van der Waals surface area contributed by atoms with Crippen molar-refractivity contribution in [1.82, 2.24) is 10.3 Å². The minimum absolute atomic E-state index is 0.351. The van der Waals surface area contributed by atoms with Gasteiger partial charge in [-0.2, -0.15) is 0 Å². The summed E-state index contributed by atoms with van der Waals surface area (Å²) < 4.78 is 0. The number of aromatic amines is 1. The lowest BCUT2D eigenvalue weighted by molar-refractivity contribution is -0.122. The molecule has 0 radical (unpaired) electrons. The van der Waals surface area contributed by atoms with Crippen LogP contribution in [0.1, 0.15) is 16.8 Å². The third-order valence-corrected chi connectivity index (χ3v) is 5.11. The molecule has 3 aromatic carbocycles. The predicted octanol–water partition coefficient (Wildman–Crippen LogP) is 4.20. The van der Waals surface area contributed by atoms with Crippen LogP contribution in [0.3, 0.4) is 0 Å². The second-order valence-corrected chi connectivity index (χ2v) is 6.77. The van der Waals surface area contributed by atoms with Crippen molar-refractivity contribution >= 4 is 44.6 Å². The second kappa shape index (κ2) is 5.68. The highest BCUT2D eigenvalue weighted by Crippen LogP contribution is 2.37. The molecule has 4 nitrogen and oxygen atoms in total. The van der Waals surface area contributed by atoms with Gasteiger partial charge in [0.25, 0.3) is 11.8 Å². The summed E-state index contributed by atoms with van der Waals surface area (Å²) in [6.45, 7) is 1.93. The van der Waals surface area contributed by atoms with Crippen LogP contribution in [-0.2, 0) is 9.59 Å². The lowest BCUT2D eigenvalue weighted by atomic mass is 9.93. The molecule has 0 aliphatic carbocycles. The SMILES string of the molecule is Cc1[nH]c2ccccc2c1C1=C(c2ccc3ccccc3c2)C(=O)NC1=O. The first kappa shape index (κ1) is 15.6. The van der Waals surface area contributed by atoms with Gasteiger partial charge in [-0.1, -0.05) is 54.6 Å². The molecule has 27 heavy (non-hydrogen) atoms. The Bertz CT molecular complexity index is 1290. The number of aryl methyl sites for hydroxylation is 1. The van der Waals surface area contributed by atoms with E-state index in [0.29, 0.717) is 11.1 Å². The Labute approximate surface area is 155 Å². The molecule has 0 saturated carbocycles. The first-order valence-electron chi connectivity index (χ1n) is 8.80. The molecule has 0 spiro atoms. The molecule has 130 valence electrons. The van der Waals surface area contributed by atoms with E-state index in [1.165, 1.54) is 0 Å². The highest BCUT2D eigenvalue weighted by molar-refractivity contribution is 6.50. The number of H-pyrrole nitrogens is 1. The smallest absolute Gasteiger partial charge is 0.259 e. The predicted molar refractivity (Wildman–Crippen MR) is 107 cm³/mol. The van der Waals surface area contributed by atoms with E-state index in [2.05, 4.69) is 10.3 Å². The Morgan fingerprint density at radius 1 is 0.741 bits per heavy atom. The Morgan fingerprint density at radius 3 is 2.30 bits per heavy atom. The summed E-state index contributed by atoms with van der Waals surface area (Å²) in [6, 6.07) is 21.6. The van der Waals surface area contributed by atoms with E-state index in [1.54, 1.807) is 0 Å². The third kappa shape index (κ3) is 2.30. The lowest BCUT2D eigenvalue weighted by Crippen LogP contribution is -2.22. The van der Waals surface area contributed by atoms with E-state index >= 15 is 0 Å². The average molecular weight is 352 g/mol. The van der Waals surface area contributed by atoms with Crippen LogP contribution in [0.4, 0.5) is 0 Å². The maximum atomic E-state index is 12.7. The zero-order valence-electron chi connectivity index (χ0n) is 14.7. The first-order chi connectivity index (χ1) is 13.1. The number of para-hydroxylation sites is 1. The van der Waals surface area contributed by atoms with Crippen molar-refractivity contribution in [1.29, 1.82) is 0 Å². The Morgan fingerprint density at radius 2 is 1.44 bits per heavy atom. The van der Waals surface area contributed by atoms with Gasteiger partial charge in [-0.3, -0.25) is 14.9 Å². The van der Waals surface area contributed by atoms with Crippen LogP contribution >= 0.6 is 0 Å². The van der Waals surface area contributed by atoms with Gasteiger partial charge >= 0.3 is 0 Å². The molecule has 2 heterocycles. The van der Waals surface area contributed by atoms with Gasteiger partial charge in [0.15, 0.2) is 0 Å². The van der Waals surface area contributed by atoms with Crippen molar-refractivity contribution in [3.8, 4) is 0 Å². The van der Waals surface area contributed by atoms with Crippen molar-refractivity contribution in [3.05, 3.63) is 83.6 Å². The number of carbonyl (C=O) groups excluding carboxylic acids is 2. The van der Waals surface area contributed by atoms with E-state index in [0.717, 1.165) is 38.5 Å². The maximum absolute atomic E-state index is 12.7. The van der Waals surface area contributed by atoms with Crippen molar-refractivity contribution in [2.45, 2.75) is 6.92 Å². The van der Waals surface area contributed by atoms with Crippen LogP contribution in [0.5, 0.6) is 0 Å². The molecular weight excluding hydrogens is 336 g/mol. The van der Waals surface area contributed by atoms with E-state index in [1.807, 2.05) is 73.7 Å². The fourth-order valence-electron chi connectivity index (χ4n) is 3.91. The number of carbonyl (C=O) groups is 2. The molecule has 0 saturated heterocycles. The van der Waals surface area contributed by atoms with Crippen molar-refractivity contribution in [3.63, 3.8) is 0 Å². The van der Waals surface area contributed by atoms with Crippen LogP contribution in [0.15, 0.2) is 66.7 Å². The Kier molecular flexibility index (Phi) is 3.28. The lowest BCUT2D eigenvalue weighted by Gasteiger charge is -2.07. The van der Waals surface area contributed by atoms with E-state index in [9.17, 15) is 9.59 Å². The maximum Gasteiger partial charge on any atom is 0.259 e. The molecule has 1 aliphatic heterocycles. The van der Waals surface area contributed by atoms with Gasteiger partial charge in [0.1, 0.15) is 0 Å². The molecule has 0 unspecified atom stereocenters. The molecule has 4 aromatic rings. The summed E-state index contributed by atoms with van der Waals surface area (Å²) in [4.78, 5) is 28.7. The topological polar surface area (TPSA) is 62.0 Å². The standard InChI is InChI=1S/C23H16N2O2/c1-13-19(17-8-4-5-9-18(17)24-13)21-20(22(26)25-23(21)27)16-11-10-14-6-2-3-7-15(14)12-16/h2-12,24H,1H3,(H,25,26,27). The van der Waals surface area contributed by atoms with Gasteiger partial charge in [0.2, 0.25) is 0 Å². The summed E-state index contributed by atoms with van der Waals surface area (Å²) in [5.41, 5.74) is 4.22. The fourth-order valence-corrected chi connectivity index (χ4v) is 3.91. The van der Waals surface area contributed by atoms with Crippen molar-refractivity contribution in [2.75, 3.05) is 0 Å². The molecule has 5 rings (SSSR count). The Hall–Kier alpha value is -3.66. The highest BCUT2D eigenvalue weighted by Gasteiger charge is 2.34. The molecular formula is C23H16N2O2. The van der Waals surface area contributed by atoms with Crippen LogP contribution in [-0.4, -0.2) is 16.8 Å². The number of hydrogen-bond donors (Lipinski definition) is 2. The molecule has 0 fully saturated rings. The second-order valence-electron chi connectivity index (χ2n) is 6.77. The van der Waals surface area contributed by atoms with Crippen molar-refractivity contribution in [2.24, 2.45) is 0 Å². The first-order valence-corrected chi connectivity index (χ1v) is 8.80. The number of amides is 2. The molecule has 2 N–H and O–H groups in total. The largest absolute Gasteiger partial charge is 0.358 e. The number of rotatable bonds is 2. The molecule has 1 aliphatic rings. The summed E-state index contributed by atoms with van der Waals surface area (Å²) in [7, 11) is 0.